The van der Waals surface area contributed by atoms with Gasteiger partial charge in [-0.1, -0.05) is 43.3 Å². The van der Waals surface area contributed by atoms with E-state index < -0.39 is 22.6 Å². The lowest BCUT2D eigenvalue weighted by Gasteiger charge is -2.19. The van der Waals surface area contributed by atoms with E-state index >= 15 is 0 Å². The van der Waals surface area contributed by atoms with Crippen LogP contribution in [0, 0.1) is 0 Å². The summed E-state index contributed by atoms with van der Waals surface area (Å²) >= 11 is 0. The van der Waals surface area contributed by atoms with Crippen molar-refractivity contribution in [3.63, 3.8) is 0 Å². The van der Waals surface area contributed by atoms with E-state index in [2.05, 4.69) is 35.9 Å². The molecular formula is C20H25NO3S. The SMILES string of the molecule is CCc1ccc(-c2ccc(S(=O)NCC(=O)OC(C)(C)C)cc2)cc1. The fourth-order valence-corrected chi connectivity index (χ4v) is 3.09. The number of esters is 1. The van der Waals surface area contributed by atoms with Gasteiger partial charge in [-0.25, -0.2) is 8.93 Å². The Morgan fingerprint density at radius 2 is 1.52 bits per heavy atom. The molecule has 0 aliphatic heterocycles. The summed E-state index contributed by atoms with van der Waals surface area (Å²) in [5, 5.41) is 0. The van der Waals surface area contributed by atoms with Crippen LogP contribution in [0.1, 0.15) is 33.3 Å². The van der Waals surface area contributed by atoms with Gasteiger partial charge in [0.05, 0.1) is 4.90 Å². The average Bonchev–Trinajstić information content (AvgIpc) is 2.58. The zero-order chi connectivity index (χ0) is 18.4. The van der Waals surface area contributed by atoms with Gasteiger partial charge in [-0.05, 0) is 56.0 Å². The van der Waals surface area contributed by atoms with Crippen LogP contribution in [0.25, 0.3) is 11.1 Å². The van der Waals surface area contributed by atoms with Gasteiger partial charge in [0, 0.05) is 0 Å². The molecule has 0 saturated heterocycles. The van der Waals surface area contributed by atoms with Gasteiger partial charge < -0.3 is 4.74 Å². The number of ether oxygens (including phenoxy) is 1. The van der Waals surface area contributed by atoms with Crippen LogP contribution in [0.5, 0.6) is 0 Å². The topological polar surface area (TPSA) is 55.4 Å². The second kappa shape index (κ2) is 8.41. The van der Waals surface area contributed by atoms with Crippen molar-refractivity contribution >= 4 is 17.0 Å². The van der Waals surface area contributed by atoms with Gasteiger partial charge in [-0.15, -0.1) is 0 Å². The first-order valence-corrected chi connectivity index (χ1v) is 9.50. The molecule has 0 radical (unpaired) electrons. The third kappa shape index (κ3) is 6.11. The van der Waals surface area contributed by atoms with E-state index in [-0.39, 0.29) is 6.54 Å². The molecule has 2 aromatic carbocycles. The maximum Gasteiger partial charge on any atom is 0.321 e. The summed E-state index contributed by atoms with van der Waals surface area (Å²) in [7, 11) is -1.45. The first kappa shape index (κ1) is 19.3. The number of carbonyl (C=O) groups excluding carboxylic acids is 1. The van der Waals surface area contributed by atoms with Gasteiger partial charge in [0.1, 0.15) is 23.1 Å². The third-order valence-electron chi connectivity index (χ3n) is 3.53. The molecule has 1 N–H and O–H groups in total. The first-order valence-electron chi connectivity index (χ1n) is 8.35. The number of aryl methyl sites for hydroxylation is 1. The second-order valence-electron chi connectivity index (χ2n) is 6.75. The molecule has 2 aromatic rings. The normalized spacial score (nSPS) is 12.6. The lowest BCUT2D eigenvalue weighted by molar-refractivity contribution is -0.153. The van der Waals surface area contributed by atoms with E-state index in [9.17, 15) is 9.00 Å². The number of rotatable bonds is 6. The highest BCUT2D eigenvalue weighted by Gasteiger charge is 2.16. The Balaban J connectivity index is 1.96. The van der Waals surface area contributed by atoms with E-state index in [1.54, 1.807) is 32.9 Å². The maximum atomic E-state index is 12.2. The van der Waals surface area contributed by atoms with Gasteiger partial charge in [0.15, 0.2) is 0 Å². The Labute approximate surface area is 152 Å². The summed E-state index contributed by atoms with van der Waals surface area (Å²) in [6.45, 7) is 7.43. The van der Waals surface area contributed by atoms with Gasteiger partial charge in [0.2, 0.25) is 0 Å². The Hall–Kier alpha value is -1.98. The highest BCUT2D eigenvalue weighted by Crippen LogP contribution is 2.21. The molecule has 2 rings (SSSR count). The molecule has 0 aromatic heterocycles. The molecule has 4 nitrogen and oxygen atoms in total. The molecule has 0 bridgehead atoms. The molecule has 0 heterocycles. The van der Waals surface area contributed by atoms with Crippen LogP contribution in [-0.2, 0) is 26.9 Å². The minimum absolute atomic E-state index is 0.0931. The first-order chi connectivity index (χ1) is 11.8. The molecule has 1 unspecified atom stereocenters. The number of nitrogens with one attached hydrogen (secondary N) is 1. The molecule has 0 saturated carbocycles. The van der Waals surface area contributed by atoms with Crippen LogP contribution in [0.15, 0.2) is 53.4 Å². The zero-order valence-corrected chi connectivity index (χ0v) is 16.0. The molecule has 0 amide bonds. The third-order valence-corrected chi connectivity index (χ3v) is 4.64. The maximum absolute atomic E-state index is 12.2. The van der Waals surface area contributed by atoms with Crippen LogP contribution < -0.4 is 4.72 Å². The lowest BCUT2D eigenvalue weighted by Crippen LogP contribution is -2.32. The smallest absolute Gasteiger partial charge is 0.321 e. The van der Waals surface area contributed by atoms with Crippen molar-refractivity contribution in [1.29, 1.82) is 0 Å². The van der Waals surface area contributed by atoms with Crippen molar-refractivity contribution < 1.29 is 13.7 Å². The molecule has 134 valence electrons. The summed E-state index contributed by atoms with van der Waals surface area (Å²) in [6.07, 6.45) is 1.02. The standard InChI is InChI=1S/C20H25NO3S/c1-5-15-6-8-16(9-7-15)17-10-12-18(13-11-17)25(23)21-14-19(22)24-20(2,3)4/h6-13,21H,5,14H2,1-4H3. The predicted molar refractivity (Wildman–Crippen MR) is 102 cm³/mol. The van der Waals surface area contributed by atoms with E-state index in [0.717, 1.165) is 17.5 Å². The van der Waals surface area contributed by atoms with Crippen molar-refractivity contribution in [1.82, 2.24) is 4.72 Å². The molecule has 1 atom stereocenters. The van der Waals surface area contributed by atoms with Crippen molar-refractivity contribution in [2.45, 2.75) is 44.6 Å². The van der Waals surface area contributed by atoms with E-state index in [4.69, 9.17) is 4.74 Å². The van der Waals surface area contributed by atoms with Crippen molar-refractivity contribution in [2.24, 2.45) is 0 Å². The molecule has 0 aliphatic carbocycles. The van der Waals surface area contributed by atoms with Crippen LogP contribution in [-0.4, -0.2) is 22.3 Å². The van der Waals surface area contributed by atoms with E-state index in [1.807, 2.05) is 12.1 Å². The zero-order valence-electron chi connectivity index (χ0n) is 15.2. The van der Waals surface area contributed by atoms with Crippen molar-refractivity contribution in [3.05, 3.63) is 54.1 Å². The summed E-state index contributed by atoms with van der Waals surface area (Å²) in [5.74, 6) is -0.423. The summed E-state index contributed by atoms with van der Waals surface area (Å²) in [5.41, 5.74) is 2.94. The monoisotopic (exact) mass is 359 g/mol. The van der Waals surface area contributed by atoms with Crippen LogP contribution in [0.2, 0.25) is 0 Å². The van der Waals surface area contributed by atoms with Crippen molar-refractivity contribution in [3.8, 4) is 11.1 Å². The minimum Gasteiger partial charge on any atom is -0.459 e. The van der Waals surface area contributed by atoms with Gasteiger partial charge in [-0.3, -0.25) is 4.79 Å². The Bertz CT molecular complexity index is 731. The fraction of sp³-hybridized carbons (Fsp3) is 0.350. The predicted octanol–water partition coefficient (Wildman–Crippen LogP) is 3.87. The summed E-state index contributed by atoms with van der Waals surface area (Å²) in [4.78, 5) is 12.3. The Morgan fingerprint density at radius 1 is 1.00 bits per heavy atom. The molecule has 0 fully saturated rings. The van der Waals surface area contributed by atoms with Gasteiger partial charge >= 0.3 is 5.97 Å². The highest BCUT2D eigenvalue weighted by molar-refractivity contribution is 7.83. The Kier molecular flexibility index (Phi) is 6.51. The van der Waals surface area contributed by atoms with Crippen LogP contribution >= 0.6 is 0 Å². The summed E-state index contributed by atoms with van der Waals surface area (Å²) < 4.78 is 20.1. The number of carbonyl (C=O) groups is 1. The molecule has 5 heteroatoms. The molecule has 25 heavy (non-hydrogen) atoms. The largest absolute Gasteiger partial charge is 0.459 e. The minimum atomic E-state index is -1.45. The fourth-order valence-electron chi connectivity index (χ4n) is 2.29. The summed E-state index contributed by atoms with van der Waals surface area (Å²) in [6, 6.07) is 15.9. The highest BCUT2D eigenvalue weighted by atomic mass is 32.2. The van der Waals surface area contributed by atoms with Crippen LogP contribution in [0.3, 0.4) is 0 Å². The van der Waals surface area contributed by atoms with Crippen LogP contribution in [0.4, 0.5) is 0 Å². The Morgan fingerprint density at radius 3 is 2.00 bits per heavy atom. The average molecular weight is 359 g/mol. The molecule has 0 spiro atoms. The number of hydrogen-bond acceptors (Lipinski definition) is 3. The van der Waals surface area contributed by atoms with Gasteiger partial charge in [-0.2, -0.15) is 0 Å². The van der Waals surface area contributed by atoms with E-state index in [0.29, 0.717) is 4.90 Å². The quantitative estimate of drug-likeness (QED) is 0.797. The number of hydrogen-bond donors (Lipinski definition) is 1. The van der Waals surface area contributed by atoms with Crippen molar-refractivity contribution in [2.75, 3.05) is 6.54 Å². The second-order valence-corrected chi connectivity index (χ2v) is 8.05. The molecular weight excluding hydrogens is 334 g/mol. The van der Waals surface area contributed by atoms with Gasteiger partial charge in [0.25, 0.3) is 0 Å². The van der Waals surface area contributed by atoms with E-state index in [1.165, 1.54) is 5.56 Å². The molecule has 0 aliphatic rings. The number of benzene rings is 2. The lowest BCUT2D eigenvalue weighted by atomic mass is 10.0.